The molecule has 0 aromatic heterocycles. The van der Waals surface area contributed by atoms with Gasteiger partial charge in [0.2, 0.25) is 5.78 Å². The largest absolute Gasteiger partial charge is 0.475 e. The van der Waals surface area contributed by atoms with E-state index in [0.717, 1.165) is 0 Å². The number of rotatable bonds is 3. The maximum absolute atomic E-state index is 13.1. The number of benzene rings is 1. The first kappa shape index (κ1) is 11.6. The Bertz CT molecular complexity index is 432. The predicted molar refractivity (Wildman–Crippen MR) is 47.7 cm³/mol. The van der Waals surface area contributed by atoms with E-state index in [9.17, 15) is 18.4 Å². The summed E-state index contributed by atoms with van der Waals surface area (Å²) in [6, 6.07) is 1.40. The van der Waals surface area contributed by atoms with Crippen LogP contribution < -0.4 is 0 Å². The molecule has 0 aliphatic heterocycles. The summed E-state index contributed by atoms with van der Waals surface area (Å²) in [5.74, 6) is -4.71. The van der Waals surface area contributed by atoms with Gasteiger partial charge in [0.05, 0.1) is 5.02 Å². The minimum Gasteiger partial charge on any atom is -0.475 e. The van der Waals surface area contributed by atoms with Gasteiger partial charge in [0, 0.05) is 6.42 Å². The van der Waals surface area contributed by atoms with Gasteiger partial charge in [-0.05, 0) is 17.7 Å². The molecule has 0 amide bonds. The maximum atomic E-state index is 13.1. The van der Waals surface area contributed by atoms with E-state index in [0.29, 0.717) is 12.1 Å². The highest BCUT2D eigenvalue weighted by Crippen LogP contribution is 2.19. The molecule has 1 aromatic rings. The highest BCUT2D eigenvalue weighted by atomic mass is 35.5. The number of carbonyl (C=O) groups is 2. The number of aliphatic carboxylic acids is 1. The van der Waals surface area contributed by atoms with Crippen LogP contribution in [0.2, 0.25) is 5.02 Å². The summed E-state index contributed by atoms with van der Waals surface area (Å²) in [5, 5.41) is 7.85. The number of hydrogen-bond acceptors (Lipinski definition) is 2. The van der Waals surface area contributed by atoms with E-state index in [4.69, 9.17) is 16.7 Å². The van der Waals surface area contributed by atoms with E-state index >= 15 is 0 Å². The number of carboxylic acid groups (broad SMARTS) is 1. The van der Waals surface area contributed by atoms with Crippen LogP contribution in [0, 0.1) is 11.6 Å². The fourth-order valence-electron chi connectivity index (χ4n) is 0.948. The molecule has 6 heteroatoms. The van der Waals surface area contributed by atoms with Gasteiger partial charge in [0.1, 0.15) is 11.6 Å². The highest BCUT2D eigenvalue weighted by molar-refractivity contribution is 6.33. The van der Waals surface area contributed by atoms with Crippen molar-refractivity contribution >= 4 is 23.4 Å². The van der Waals surface area contributed by atoms with Gasteiger partial charge in [0.15, 0.2) is 0 Å². The van der Waals surface area contributed by atoms with Crippen molar-refractivity contribution in [2.75, 3.05) is 0 Å². The van der Waals surface area contributed by atoms with Gasteiger partial charge in [-0.25, -0.2) is 13.6 Å². The predicted octanol–water partition coefficient (Wildman–Crippen LogP) is 1.81. The molecule has 15 heavy (non-hydrogen) atoms. The van der Waals surface area contributed by atoms with Crippen molar-refractivity contribution in [2.24, 2.45) is 0 Å². The summed E-state index contributed by atoms with van der Waals surface area (Å²) in [6.45, 7) is 0. The molecule has 0 aliphatic carbocycles. The third kappa shape index (κ3) is 2.73. The van der Waals surface area contributed by atoms with Crippen LogP contribution in [0.3, 0.4) is 0 Å². The van der Waals surface area contributed by atoms with Crippen molar-refractivity contribution in [1.82, 2.24) is 0 Å². The van der Waals surface area contributed by atoms with E-state index < -0.39 is 34.8 Å². The Balaban J connectivity index is 3.01. The minimum absolute atomic E-state index is 0.329. The Morgan fingerprint density at radius 1 is 1.27 bits per heavy atom. The molecule has 0 bridgehead atoms. The van der Waals surface area contributed by atoms with Gasteiger partial charge in [0.25, 0.3) is 0 Å². The SMILES string of the molecule is O=C(O)C(=O)Cc1cc(F)c(Cl)cc1F. The first-order valence-corrected chi connectivity index (χ1v) is 4.19. The van der Waals surface area contributed by atoms with Gasteiger partial charge < -0.3 is 5.11 Å². The quantitative estimate of drug-likeness (QED) is 0.641. The lowest BCUT2D eigenvalue weighted by molar-refractivity contribution is -0.148. The van der Waals surface area contributed by atoms with Gasteiger partial charge >= 0.3 is 5.97 Å². The topological polar surface area (TPSA) is 54.4 Å². The second-order valence-corrected chi connectivity index (χ2v) is 3.17. The monoisotopic (exact) mass is 234 g/mol. The number of halogens is 3. The standard InChI is InChI=1S/C9H5ClF2O3/c10-5-3-6(11)4(1-7(5)12)2-8(13)9(14)15/h1,3H,2H2,(H,14,15). The molecule has 0 spiro atoms. The lowest BCUT2D eigenvalue weighted by Crippen LogP contribution is -2.16. The molecular formula is C9H5ClF2O3. The average molecular weight is 235 g/mol. The summed E-state index contributed by atoms with van der Waals surface area (Å²) in [6.07, 6.45) is -0.699. The normalized spacial score (nSPS) is 10.1. The number of Topliss-reactive ketones (excluding diaryl/α,β-unsaturated/α-hetero) is 1. The molecule has 0 heterocycles. The van der Waals surface area contributed by atoms with E-state index in [1.165, 1.54) is 0 Å². The van der Waals surface area contributed by atoms with Crippen LogP contribution in [-0.4, -0.2) is 16.9 Å². The van der Waals surface area contributed by atoms with Crippen LogP contribution in [0.4, 0.5) is 8.78 Å². The molecule has 0 saturated carbocycles. The van der Waals surface area contributed by atoms with Crippen LogP contribution in [0.15, 0.2) is 12.1 Å². The van der Waals surface area contributed by atoms with Crippen molar-refractivity contribution in [2.45, 2.75) is 6.42 Å². The Morgan fingerprint density at radius 2 is 1.87 bits per heavy atom. The molecule has 0 unspecified atom stereocenters. The fourth-order valence-corrected chi connectivity index (χ4v) is 1.10. The van der Waals surface area contributed by atoms with Crippen LogP contribution >= 0.6 is 11.6 Å². The Labute approximate surface area is 88.3 Å². The number of ketones is 1. The average Bonchev–Trinajstić information content (AvgIpc) is 2.13. The van der Waals surface area contributed by atoms with Gasteiger partial charge in [-0.1, -0.05) is 11.6 Å². The van der Waals surface area contributed by atoms with Gasteiger partial charge in [-0.15, -0.1) is 0 Å². The van der Waals surface area contributed by atoms with Crippen molar-refractivity contribution in [3.63, 3.8) is 0 Å². The van der Waals surface area contributed by atoms with Gasteiger partial charge in [-0.2, -0.15) is 0 Å². The summed E-state index contributed by atoms with van der Waals surface area (Å²) in [5.41, 5.74) is -0.329. The van der Waals surface area contributed by atoms with E-state index in [2.05, 4.69) is 0 Å². The van der Waals surface area contributed by atoms with E-state index in [1.54, 1.807) is 0 Å². The molecule has 1 aromatic carbocycles. The third-order valence-electron chi connectivity index (χ3n) is 1.68. The number of carboxylic acids is 1. The van der Waals surface area contributed by atoms with Crippen LogP contribution in [0.25, 0.3) is 0 Å². The van der Waals surface area contributed by atoms with Gasteiger partial charge in [-0.3, -0.25) is 4.79 Å². The summed E-state index contributed by atoms with van der Waals surface area (Å²) >= 11 is 5.27. The zero-order chi connectivity index (χ0) is 11.6. The van der Waals surface area contributed by atoms with Crippen molar-refractivity contribution in [3.8, 4) is 0 Å². The van der Waals surface area contributed by atoms with Crippen LogP contribution in [-0.2, 0) is 16.0 Å². The maximum Gasteiger partial charge on any atom is 0.372 e. The third-order valence-corrected chi connectivity index (χ3v) is 1.97. The molecule has 1 rings (SSSR count). The summed E-state index contributed by atoms with van der Waals surface area (Å²) < 4.78 is 25.9. The molecule has 0 atom stereocenters. The molecule has 0 fully saturated rings. The highest BCUT2D eigenvalue weighted by Gasteiger charge is 2.16. The molecule has 3 nitrogen and oxygen atoms in total. The van der Waals surface area contributed by atoms with Crippen LogP contribution in [0.5, 0.6) is 0 Å². The summed E-state index contributed by atoms with van der Waals surface area (Å²) in [4.78, 5) is 20.9. The molecule has 0 saturated heterocycles. The second-order valence-electron chi connectivity index (χ2n) is 2.76. The zero-order valence-electron chi connectivity index (χ0n) is 7.26. The molecule has 0 radical (unpaired) electrons. The smallest absolute Gasteiger partial charge is 0.372 e. The molecule has 1 N–H and O–H groups in total. The van der Waals surface area contributed by atoms with Crippen molar-refractivity contribution in [1.29, 1.82) is 0 Å². The Morgan fingerprint density at radius 3 is 2.40 bits per heavy atom. The van der Waals surface area contributed by atoms with Crippen molar-refractivity contribution in [3.05, 3.63) is 34.4 Å². The number of carbonyl (C=O) groups excluding carboxylic acids is 1. The molecule has 80 valence electrons. The lowest BCUT2D eigenvalue weighted by Gasteiger charge is -2.02. The first-order valence-electron chi connectivity index (χ1n) is 3.81. The molecular weight excluding hydrogens is 230 g/mol. The van der Waals surface area contributed by atoms with Crippen LogP contribution in [0.1, 0.15) is 5.56 Å². The van der Waals surface area contributed by atoms with E-state index in [1.807, 2.05) is 0 Å². The first-order chi connectivity index (χ1) is 6.91. The zero-order valence-corrected chi connectivity index (χ0v) is 8.02. The number of hydrogen-bond donors (Lipinski definition) is 1. The Kier molecular flexibility index (Phi) is 3.36. The van der Waals surface area contributed by atoms with E-state index in [-0.39, 0.29) is 5.56 Å². The molecule has 0 aliphatic rings. The second kappa shape index (κ2) is 4.35. The fraction of sp³-hybridized carbons (Fsp3) is 0.111. The lowest BCUT2D eigenvalue weighted by atomic mass is 10.1. The minimum atomic E-state index is -1.69. The summed E-state index contributed by atoms with van der Waals surface area (Å²) in [7, 11) is 0. The van der Waals surface area contributed by atoms with Crippen molar-refractivity contribution < 1.29 is 23.5 Å². The Hall–Kier alpha value is -1.49.